The number of hydrogen-bond acceptors (Lipinski definition) is 3. The molecule has 0 fully saturated rings. The van der Waals surface area contributed by atoms with Crippen LogP contribution in [-0.2, 0) is 0 Å². The molecule has 2 N–H and O–H groups in total. The van der Waals surface area contributed by atoms with Gasteiger partial charge in [-0.05, 0) is 38.4 Å². The molecule has 1 heterocycles. The van der Waals surface area contributed by atoms with E-state index in [1.54, 1.807) is 0 Å². The van der Waals surface area contributed by atoms with Crippen molar-refractivity contribution in [1.82, 2.24) is 5.32 Å². The van der Waals surface area contributed by atoms with Crippen molar-refractivity contribution >= 4 is 23.1 Å². The second-order valence-corrected chi connectivity index (χ2v) is 4.80. The summed E-state index contributed by atoms with van der Waals surface area (Å²) in [5, 5.41) is 6.17. The maximum absolute atomic E-state index is 3.42. The van der Waals surface area contributed by atoms with Crippen LogP contribution in [-0.4, -0.2) is 14.1 Å². The predicted octanol–water partition coefficient (Wildman–Crippen LogP) is 3.73. The van der Waals surface area contributed by atoms with E-state index in [1.165, 1.54) is 21.2 Å². The molecule has 88 valence electrons. The van der Waals surface area contributed by atoms with Crippen LogP contribution in [0.3, 0.4) is 0 Å². The molecule has 1 aliphatic heterocycles. The smallest absolute Gasteiger partial charge is 0.0526 e. The molecule has 0 saturated carbocycles. The van der Waals surface area contributed by atoms with Gasteiger partial charge in [-0.15, -0.1) is 0 Å². The number of para-hydroxylation sites is 2. The van der Waals surface area contributed by atoms with Crippen LogP contribution in [0.15, 0.2) is 58.3 Å². The fourth-order valence-corrected chi connectivity index (χ4v) is 2.57. The van der Waals surface area contributed by atoms with Crippen LogP contribution in [0.25, 0.3) is 0 Å². The second-order valence-electron chi connectivity index (χ2n) is 3.72. The molecule has 0 radical (unpaired) electrons. The Balaban J connectivity index is 0.000000329. The Morgan fingerprint density at radius 3 is 1.71 bits per heavy atom. The van der Waals surface area contributed by atoms with Gasteiger partial charge < -0.3 is 10.6 Å². The van der Waals surface area contributed by atoms with Crippen molar-refractivity contribution in [2.45, 2.75) is 9.79 Å². The van der Waals surface area contributed by atoms with Gasteiger partial charge in [-0.3, -0.25) is 0 Å². The quantitative estimate of drug-likeness (QED) is 0.630. The summed E-state index contributed by atoms with van der Waals surface area (Å²) >= 11 is 1.82. The summed E-state index contributed by atoms with van der Waals surface area (Å²) in [5.74, 6) is 0. The maximum atomic E-state index is 3.42. The lowest BCUT2D eigenvalue weighted by atomic mass is 10.2. The molecule has 2 nitrogen and oxygen atoms in total. The molecule has 2 aromatic rings. The lowest BCUT2D eigenvalue weighted by Gasteiger charge is -2.19. The lowest BCUT2D eigenvalue weighted by Crippen LogP contribution is -1.98. The number of hydrogen-bond donors (Lipinski definition) is 2. The SMILES string of the molecule is CNC.c1ccc2c(c1)Nc1ccccc1S2. The van der Waals surface area contributed by atoms with E-state index in [1.807, 2.05) is 25.9 Å². The van der Waals surface area contributed by atoms with Crippen molar-refractivity contribution in [3.05, 3.63) is 48.5 Å². The van der Waals surface area contributed by atoms with E-state index < -0.39 is 0 Å². The molecule has 17 heavy (non-hydrogen) atoms. The summed E-state index contributed by atoms with van der Waals surface area (Å²) in [6.07, 6.45) is 0. The third kappa shape index (κ3) is 2.81. The van der Waals surface area contributed by atoms with Crippen molar-refractivity contribution in [3.63, 3.8) is 0 Å². The first kappa shape index (κ1) is 12.0. The standard InChI is InChI=1S/C12H9NS.C2H7N/c1-3-7-11-9(5-1)13-10-6-2-4-8-12(10)14-11;1-3-2/h1-8,13H;3H,1-2H3. The number of anilines is 2. The first-order valence-corrected chi connectivity index (χ1v) is 6.38. The zero-order chi connectivity index (χ0) is 12.1. The van der Waals surface area contributed by atoms with E-state index in [-0.39, 0.29) is 0 Å². The molecular weight excluding hydrogens is 228 g/mol. The molecule has 1 aliphatic rings. The van der Waals surface area contributed by atoms with Gasteiger partial charge in [0.25, 0.3) is 0 Å². The summed E-state index contributed by atoms with van der Waals surface area (Å²) in [5.41, 5.74) is 2.41. The summed E-state index contributed by atoms with van der Waals surface area (Å²) < 4.78 is 0. The van der Waals surface area contributed by atoms with E-state index in [2.05, 4.69) is 59.2 Å². The second kappa shape index (κ2) is 5.75. The van der Waals surface area contributed by atoms with Gasteiger partial charge in [0.1, 0.15) is 0 Å². The molecule has 3 heteroatoms. The van der Waals surface area contributed by atoms with Crippen molar-refractivity contribution < 1.29 is 0 Å². The molecule has 0 saturated heterocycles. The Bertz CT molecular complexity index is 410. The average Bonchev–Trinajstić information content (AvgIpc) is 2.37. The molecule has 3 rings (SSSR count). The minimum Gasteiger partial charge on any atom is -0.354 e. The van der Waals surface area contributed by atoms with Crippen molar-refractivity contribution in [3.8, 4) is 0 Å². The minimum absolute atomic E-state index is 1.20. The fourth-order valence-electron chi connectivity index (χ4n) is 1.58. The van der Waals surface area contributed by atoms with Crippen LogP contribution in [0.4, 0.5) is 11.4 Å². The van der Waals surface area contributed by atoms with E-state index in [9.17, 15) is 0 Å². The van der Waals surface area contributed by atoms with E-state index in [4.69, 9.17) is 0 Å². The van der Waals surface area contributed by atoms with E-state index >= 15 is 0 Å². The van der Waals surface area contributed by atoms with Crippen LogP contribution in [0, 0.1) is 0 Å². The minimum atomic E-state index is 1.20. The van der Waals surface area contributed by atoms with Gasteiger partial charge in [-0.1, -0.05) is 36.0 Å². The molecule has 0 amide bonds. The van der Waals surface area contributed by atoms with Crippen molar-refractivity contribution in [2.75, 3.05) is 19.4 Å². The maximum Gasteiger partial charge on any atom is 0.0526 e. The van der Waals surface area contributed by atoms with Crippen LogP contribution < -0.4 is 10.6 Å². The van der Waals surface area contributed by atoms with Crippen LogP contribution in [0.5, 0.6) is 0 Å². The first-order valence-electron chi connectivity index (χ1n) is 5.56. The highest BCUT2D eigenvalue weighted by Crippen LogP contribution is 2.43. The molecule has 0 aromatic heterocycles. The summed E-state index contributed by atoms with van der Waals surface area (Å²) in [4.78, 5) is 2.59. The zero-order valence-corrected chi connectivity index (χ0v) is 10.8. The Morgan fingerprint density at radius 2 is 1.24 bits per heavy atom. The van der Waals surface area contributed by atoms with Gasteiger partial charge in [-0.25, -0.2) is 0 Å². The number of benzene rings is 2. The van der Waals surface area contributed by atoms with Gasteiger partial charge >= 0.3 is 0 Å². The van der Waals surface area contributed by atoms with Gasteiger partial charge in [0, 0.05) is 9.79 Å². The summed E-state index contributed by atoms with van der Waals surface area (Å²) in [7, 11) is 3.75. The topological polar surface area (TPSA) is 24.1 Å². The normalized spacial score (nSPS) is 11.4. The van der Waals surface area contributed by atoms with Gasteiger partial charge in [-0.2, -0.15) is 0 Å². The van der Waals surface area contributed by atoms with Gasteiger partial charge in [0.15, 0.2) is 0 Å². The fraction of sp³-hybridized carbons (Fsp3) is 0.143. The van der Waals surface area contributed by atoms with Crippen LogP contribution >= 0.6 is 11.8 Å². The Hall–Kier alpha value is -1.45. The van der Waals surface area contributed by atoms with E-state index in [0.717, 1.165) is 0 Å². The molecule has 0 aliphatic carbocycles. The summed E-state index contributed by atoms with van der Waals surface area (Å²) in [6, 6.07) is 16.8. The van der Waals surface area contributed by atoms with Gasteiger partial charge in [0.05, 0.1) is 11.4 Å². The average molecular weight is 244 g/mol. The largest absolute Gasteiger partial charge is 0.354 e. The van der Waals surface area contributed by atoms with Crippen molar-refractivity contribution in [1.29, 1.82) is 0 Å². The zero-order valence-electron chi connectivity index (χ0n) is 10.0. The number of fused-ring (bicyclic) bond motifs is 2. The van der Waals surface area contributed by atoms with E-state index in [0.29, 0.717) is 0 Å². The Labute approximate surface area is 106 Å². The van der Waals surface area contributed by atoms with Crippen LogP contribution in [0.1, 0.15) is 0 Å². The Morgan fingerprint density at radius 1 is 0.824 bits per heavy atom. The molecule has 2 aromatic carbocycles. The number of rotatable bonds is 0. The van der Waals surface area contributed by atoms with Gasteiger partial charge in [0.2, 0.25) is 0 Å². The molecule has 0 atom stereocenters. The summed E-state index contributed by atoms with van der Waals surface area (Å²) in [6.45, 7) is 0. The van der Waals surface area contributed by atoms with Crippen molar-refractivity contribution in [2.24, 2.45) is 0 Å². The first-order chi connectivity index (χ1) is 8.35. The third-order valence-corrected chi connectivity index (χ3v) is 3.42. The monoisotopic (exact) mass is 244 g/mol. The lowest BCUT2D eigenvalue weighted by molar-refractivity contribution is 1.02. The van der Waals surface area contributed by atoms with Crippen LogP contribution in [0.2, 0.25) is 0 Å². The molecule has 0 spiro atoms. The highest BCUT2D eigenvalue weighted by molar-refractivity contribution is 7.99. The third-order valence-electron chi connectivity index (χ3n) is 2.26. The Kier molecular flexibility index (Phi) is 4.07. The molecular formula is C14H16N2S. The molecule has 0 unspecified atom stereocenters. The molecule has 0 bridgehead atoms. The predicted molar refractivity (Wildman–Crippen MR) is 75.3 cm³/mol. The highest BCUT2D eigenvalue weighted by Gasteiger charge is 2.13. The number of nitrogens with one attached hydrogen (secondary N) is 2. The highest BCUT2D eigenvalue weighted by atomic mass is 32.2.